The van der Waals surface area contributed by atoms with E-state index in [-0.39, 0.29) is 24.0 Å². The normalized spacial score (nSPS) is 10.3. The van der Waals surface area contributed by atoms with Crippen molar-refractivity contribution in [2.24, 2.45) is 0 Å². The molecule has 5 heteroatoms. The highest BCUT2D eigenvalue weighted by molar-refractivity contribution is 8.00. The van der Waals surface area contributed by atoms with Gasteiger partial charge >= 0.3 is 0 Å². The number of rotatable bonds is 5. The van der Waals surface area contributed by atoms with Crippen LogP contribution >= 0.6 is 11.8 Å². The Morgan fingerprint density at radius 3 is 2.21 bits per heavy atom. The molecule has 0 bridgehead atoms. The summed E-state index contributed by atoms with van der Waals surface area (Å²) in [4.78, 5) is 24.7. The third-order valence-corrected chi connectivity index (χ3v) is 4.68. The lowest BCUT2D eigenvalue weighted by molar-refractivity contribution is -0.127. The minimum Gasteiger partial charge on any atom is -0.273 e. The summed E-state index contributed by atoms with van der Waals surface area (Å²) in [7, 11) is 0. The Labute approximate surface area is 147 Å². The van der Waals surface area contributed by atoms with E-state index < -0.39 is 0 Å². The lowest BCUT2D eigenvalue weighted by Gasteiger charge is -2.08. The molecule has 0 saturated carbocycles. The van der Waals surface area contributed by atoms with Gasteiger partial charge in [0.25, 0.3) is 0 Å². The Hall–Kier alpha value is -2.27. The highest BCUT2D eigenvalue weighted by atomic mass is 32.2. The lowest BCUT2D eigenvalue weighted by atomic mass is 10.0. The number of carbonyl (C=O) groups excluding carboxylic acids is 2. The highest BCUT2D eigenvalue weighted by Crippen LogP contribution is 2.17. The van der Waals surface area contributed by atoms with Gasteiger partial charge < -0.3 is 0 Å². The third kappa shape index (κ3) is 5.74. The van der Waals surface area contributed by atoms with Crippen LogP contribution in [0.15, 0.2) is 47.4 Å². The van der Waals surface area contributed by atoms with Gasteiger partial charge in [0.1, 0.15) is 0 Å². The molecule has 0 aliphatic heterocycles. The van der Waals surface area contributed by atoms with Crippen LogP contribution in [-0.4, -0.2) is 17.6 Å². The number of hydrogen-bond donors (Lipinski definition) is 2. The second kappa shape index (κ2) is 8.55. The van der Waals surface area contributed by atoms with Crippen molar-refractivity contribution in [3.63, 3.8) is 0 Å². The monoisotopic (exact) mass is 342 g/mol. The SMILES string of the molecule is Cc1ccc(SCC(=O)NNC(=O)Cc2ccc(C)c(C)c2)cc1. The molecule has 0 saturated heterocycles. The molecule has 2 aromatic rings. The number of amides is 2. The molecule has 4 nitrogen and oxygen atoms in total. The Morgan fingerprint density at radius 1 is 0.875 bits per heavy atom. The first-order valence-corrected chi connectivity index (χ1v) is 8.76. The maximum atomic E-state index is 11.9. The molecule has 0 aromatic heterocycles. The zero-order valence-corrected chi connectivity index (χ0v) is 15.0. The Bertz CT molecular complexity index is 727. The molecule has 2 amide bonds. The quantitative estimate of drug-likeness (QED) is 0.648. The fourth-order valence-electron chi connectivity index (χ4n) is 2.10. The zero-order valence-electron chi connectivity index (χ0n) is 14.2. The molecule has 0 atom stereocenters. The molecular weight excluding hydrogens is 320 g/mol. The van der Waals surface area contributed by atoms with Crippen LogP contribution in [0.4, 0.5) is 0 Å². The van der Waals surface area contributed by atoms with Gasteiger partial charge in [0.15, 0.2) is 0 Å². The molecule has 0 fully saturated rings. The molecule has 2 aromatic carbocycles. The number of hydrazine groups is 1. The van der Waals surface area contributed by atoms with Crippen molar-refractivity contribution in [1.82, 2.24) is 10.9 Å². The highest BCUT2D eigenvalue weighted by Gasteiger charge is 2.07. The molecule has 0 aliphatic carbocycles. The van der Waals surface area contributed by atoms with Crippen LogP contribution in [0.5, 0.6) is 0 Å². The first-order chi connectivity index (χ1) is 11.4. The van der Waals surface area contributed by atoms with Crippen LogP contribution in [-0.2, 0) is 16.0 Å². The summed E-state index contributed by atoms with van der Waals surface area (Å²) in [6, 6.07) is 13.9. The maximum absolute atomic E-state index is 11.9. The molecule has 2 N–H and O–H groups in total. The number of nitrogens with one attached hydrogen (secondary N) is 2. The third-order valence-electron chi connectivity index (χ3n) is 3.67. The van der Waals surface area contributed by atoms with E-state index in [1.807, 2.05) is 63.2 Å². The van der Waals surface area contributed by atoms with Crippen molar-refractivity contribution in [3.8, 4) is 0 Å². The minimum absolute atomic E-state index is 0.228. The zero-order chi connectivity index (χ0) is 17.5. The summed E-state index contributed by atoms with van der Waals surface area (Å²) < 4.78 is 0. The fourth-order valence-corrected chi connectivity index (χ4v) is 2.80. The van der Waals surface area contributed by atoms with Gasteiger partial charge in [0, 0.05) is 4.90 Å². The minimum atomic E-state index is -0.230. The van der Waals surface area contributed by atoms with E-state index in [4.69, 9.17) is 0 Å². The van der Waals surface area contributed by atoms with E-state index >= 15 is 0 Å². The van der Waals surface area contributed by atoms with Gasteiger partial charge in [-0.25, -0.2) is 0 Å². The van der Waals surface area contributed by atoms with Gasteiger partial charge in [0.2, 0.25) is 11.8 Å². The van der Waals surface area contributed by atoms with Crippen LogP contribution in [0.25, 0.3) is 0 Å². The van der Waals surface area contributed by atoms with E-state index in [9.17, 15) is 9.59 Å². The molecule has 0 radical (unpaired) electrons. The van der Waals surface area contributed by atoms with Crippen LogP contribution in [0, 0.1) is 20.8 Å². The van der Waals surface area contributed by atoms with E-state index in [1.54, 1.807) is 0 Å². The van der Waals surface area contributed by atoms with Gasteiger partial charge in [0.05, 0.1) is 12.2 Å². The number of hydrogen-bond acceptors (Lipinski definition) is 3. The van der Waals surface area contributed by atoms with Gasteiger partial charge in [-0.2, -0.15) is 0 Å². The van der Waals surface area contributed by atoms with Gasteiger partial charge in [-0.3, -0.25) is 20.4 Å². The molecule has 0 aliphatic rings. The largest absolute Gasteiger partial charge is 0.273 e. The maximum Gasteiger partial charge on any atom is 0.248 e. The molecule has 0 unspecified atom stereocenters. The number of benzene rings is 2. The van der Waals surface area contributed by atoms with Crippen LogP contribution in [0.3, 0.4) is 0 Å². The summed E-state index contributed by atoms with van der Waals surface area (Å²) >= 11 is 1.43. The summed E-state index contributed by atoms with van der Waals surface area (Å²) in [5.74, 6) is -0.201. The van der Waals surface area contributed by atoms with Gasteiger partial charge in [-0.05, 0) is 49.6 Å². The van der Waals surface area contributed by atoms with Crippen molar-refractivity contribution >= 4 is 23.6 Å². The van der Waals surface area contributed by atoms with Gasteiger partial charge in [-0.1, -0.05) is 35.9 Å². The number of aryl methyl sites for hydroxylation is 3. The van der Waals surface area contributed by atoms with Crippen molar-refractivity contribution in [2.75, 3.05) is 5.75 Å². The van der Waals surface area contributed by atoms with E-state index in [0.29, 0.717) is 0 Å². The Morgan fingerprint density at radius 2 is 1.54 bits per heavy atom. The smallest absolute Gasteiger partial charge is 0.248 e. The molecule has 0 spiro atoms. The Balaban J connectivity index is 1.73. The molecule has 2 rings (SSSR count). The second-order valence-electron chi connectivity index (χ2n) is 5.79. The summed E-state index contributed by atoms with van der Waals surface area (Å²) in [6.07, 6.45) is 0.243. The fraction of sp³-hybridized carbons (Fsp3) is 0.263. The first kappa shape index (κ1) is 18.1. The summed E-state index contributed by atoms with van der Waals surface area (Å²) in [6.45, 7) is 6.07. The van der Waals surface area contributed by atoms with Crippen LogP contribution in [0.1, 0.15) is 22.3 Å². The van der Waals surface area contributed by atoms with E-state index in [1.165, 1.54) is 22.9 Å². The Kier molecular flexibility index (Phi) is 6.44. The molecule has 24 heavy (non-hydrogen) atoms. The van der Waals surface area contributed by atoms with E-state index in [2.05, 4.69) is 10.9 Å². The van der Waals surface area contributed by atoms with Crippen molar-refractivity contribution in [3.05, 3.63) is 64.7 Å². The lowest BCUT2D eigenvalue weighted by Crippen LogP contribution is -2.43. The standard InChI is InChI=1S/C19H22N2O2S/c1-13-4-8-17(9-5-13)24-12-19(23)21-20-18(22)11-16-7-6-14(2)15(3)10-16/h4-10H,11-12H2,1-3H3,(H,20,22)(H,21,23). The molecular formula is C19H22N2O2S. The number of thioether (sulfide) groups is 1. The predicted octanol–water partition coefficient (Wildman–Crippen LogP) is 3.09. The molecule has 126 valence electrons. The van der Waals surface area contributed by atoms with Gasteiger partial charge in [-0.15, -0.1) is 11.8 Å². The number of carbonyl (C=O) groups is 2. The van der Waals surface area contributed by atoms with Crippen molar-refractivity contribution < 1.29 is 9.59 Å². The average Bonchev–Trinajstić information content (AvgIpc) is 2.56. The topological polar surface area (TPSA) is 58.2 Å². The van der Waals surface area contributed by atoms with E-state index in [0.717, 1.165) is 16.0 Å². The summed E-state index contributed by atoms with van der Waals surface area (Å²) in [5.41, 5.74) is 9.37. The summed E-state index contributed by atoms with van der Waals surface area (Å²) in [5, 5.41) is 0. The van der Waals surface area contributed by atoms with Crippen LogP contribution < -0.4 is 10.9 Å². The second-order valence-corrected chi connectivity index (χ2v) is 6.84. The molecule has 0 heterocycles. The van der Waals surface area contributed by atoms with Crippen molar-refractivity contribution in [1.29, 1.82) is 0 Å². The van der Waals surface area contributed by atoms with Crippen molar-refractivity contribution in [2.45, 2.75) is 32.1 Å². The first-order valence-electron chi connectivity index (χ1n) is 7.77. The predicted molar refractivity (Wildman–Crippen MR) is 97.8 cm³/mol. The van der Waals surface area contributed by atoms with Crippen LogP contribution in [0.2, 0.25) is 0 Å². The average molecular weight is 342 g/mol.